The summed E-state index contributed by atoms with van der Waals surface area (Å²) < 4.78 is 30.3. The fourth-order valence-electron chi connectivity index (χ4n) is 5.80. The molecule has 1 amide bonds. The van der Waals surface area contributed by atoms with Crippen molar-refractivity contribution >= 4 is 22.1 Å². The fourth-order valence-corrected chi connectivity index (χ4v) is 7.04. The first kappa shape index (κ1) is 25.4. The first-order chi connectivity index (χ1) is 15.3. The molecule has 9 nitrogen and oxygen atoms in total. The number of nitrogens with two attached hydrogens (primary N) is 1. The zero-order valence-electron chi connectivity index (χ0n) is 18.9. The maximum atomic E-state index is 13.2. The third-order valence-electron chi connectivity index (χ3n) is 7.52. The summed E-state index contributed by atoms with van der Waals surface area (Å²) in [5.41, 5.74) is 5.45. The van der Waals surface area contributed by atoms with E-state index >= 15 is 0 Å². The summed E-state index contributed by atoms with van der Waals surface area (Å²) in [4.78, 5) is 24.7. The third kappa shape index (κ3) is 7.40. The van der Waals surface area contributed by atoms with Crippen molar-refractivity contribution in [3.05, 3.63) is 0 Å². The molecule has 32 heavy (non-hydrogen) atoms. The molecule has 184 valence electrons. The van der Waals surface area contributed by atoms with Crippen LogP contribution in [-0.2, 0) is 19.8 Å². The Hall–Kier alpha value is -1.23. The van der Waals surface area contributed by atoms with Crippen molar-refractivity contribution in [3.63, 3.8) is 0 Å². The van der Waals surface area contributed by atoms with Gasteiger partial charge in [0, 0.05) is 6.04 Å². The molecule has 0 aromatic carbocycles. The average molecular weight is 473 g/mol. The molecule has 3 aliphatic rings. The smallest absolute Gasteiger partial charge is 0.321 e. The van der Waals surface area contributed by atoms with E-state index in [4.69, 9.17) is 5.73 Å². The van der Waals surface area contributed by atoms with Crippen molar-refractivity contribution in [2.45, 2.75) is 102 Å². The number of amides is 1. The van der Waals surface area contributed by atoms with Crippen molar-refractivity contribution < 1.29 is 23.1 Å². The Morgan fingerprint density at radius 3 is 2.28 bits per heavy atom. The Morgan fingerprint density at radius 2 is 1.69 bits per heavy atom. The van der Waals surface area contributed by atoms with Crippen LogP contribution in [0.2, 0.25) is 0 Å². The van der Waals surface area contributed by atoms with Gasteiger partial charge in [0.15, 0.2) is 0 Å². The van der Waals surface area contributed by atoms with Gasteiger partial charge in [0.2, 0.25) is 5.91 Å². The zero-order valence-corrected chi connectivity index (χ0v) is 19.7. The van der Waals surface area contributed by atoms with Gasteiger partial charge < -0.3 is 16.2 Å². The minimum atomic E-state index is -4.17. The van der Waals surface area contributed by atoms with Gasteiger partial charge in [0.05, 0.1) is 0 Å². The van der Waals surface area contributed by atoms with Gasteiger partial charge in [0.1, 0.15) is 12.1 Å². The van der Waals surface area contributed by atoms with Crippen LogP contribution in [0.4, 0.5) is 0 Å². The highest BCUT2D eigenvalue weighted by molar-refractivity contribution is 7.87. The van der Waals surface area contributed by atoms with E-state index in [-0.39, 0.29) is 18.4 Å². The second-order valence-corrected chi connectivity index (χ2v) is 11.5. The maximum absolute atomic E-state index is 13.2. The predicted molar refractivity (Wildman–Crippen MR) is 122 cm³/mol. The lowest BCUT2D eigenvalue weighted by molar-refractivity contribution is -0.139. The highest BCUT2D eigenvalue weighted by Crippen LogP contribution is 2.44. The molecule has 6 N–H and O–H groups in total. The van der Waals surface area contributed by atoms with Crippen molar-refractivity contribution in [1.29, 1.82) is 0 Å². The second-order valence-electron chi connectivity index (χ2n) is 10.00. The zero-order chi connectivity index (χ0) is 23.1. The minimum Gasteiger partial charge on any atom is -0.480 e. The van der Waals surface area contributed by atoms with Gasteiger partial charge in [-0.1, -0.05) is 44.9 Å². The fraction of sp³-hybridized carbons (Fsp3) is 0.909. The molecule has 0 aliphatic heterocycles. The van der Waals surface area contributed by atoms with Gasteiger partial charge in [-0.05, 0) is 62.8 Å². The molecule has 0 aromatic rings. The van der Waals surface area contributed by atoms with E-state index in [1.54, 1.807) is 0 Å². The molecule has 2 bridgehead atoms. The molecular formula is C22H40N4O5S. The average Bonchev–Trinajstić information content (AvgIpc) is 3.36. The van der Waals surface area contributed by atoms with Crippen molar-refractivity contribution in [3.8, 4) is 0 Å². The number of aliphatic carboxylic acids is 1. The molecule has 0 radical (unpaired) electrons. The van der Waals surface area contributed by atoms with E-state index in [1.807, 2.05) is 0 Å². The maximum Gasteiger partial charge on any atom is 0.321 e. The van der Waals surface area contributed by atoms with Crippen LogP contribution in [0.25, 0.3) is 0 Å². The van der Waals surface area contributed by atoms with Crippen molar-refractivity contribution in [1.82, 2.24) is 14.8 Å². The standard InChI is InChI=1S/C22H40N4O5S/c23-11-5-4-8-18(22(28)29)25-32(30,31)26-20(13-15-6-2-1-3-7-15)21(27)24-19-14-16-9-10-17(19)12-16/h15-20,25-26H,1-14,23H2,(H,24,27)(H,28,29)/t16-,17+,18+,19?,20+/m1/s1. The van der Waals surface area contributed by atoms with Gasteiger partial charge in [0.25, 0.3) is 10.2 Å². The summed E-state index contributed by atoms with van der Waals surface area (Å²) in [6.45, 7) is 0.421. The van der Waals surface area contributed by atoms with Crippen LogP contribution in [0.3, 0.4) is 0 Å². The summed E-state index contributed by atoms with van der Waals surface area (Å²) in [6.07, 6.45) is 11.5. The van der Waals surface area contributed by atoms with Crippen LogP contribution in [0.15, 0.2) is 0 Å². The topological polar surface area (TPSA) is 151 Å². The number of nitrogens with one attached hydrogen (secondary N) is 3. The van der Waals surface area contributed by atoms with Crippen LogP contribution < -0.4 is 20.5 Å². The first-order valence-electron chi connectivity index (χ1n) is 12.3. The van der Waals surface area contributed by atoms with Crippen LogP contribution in [0.5, 0.6) is 0 Å². The molecule has 0 saturated heterocycles. The Balaban J connectivity index is 1.64. The lowest BCUT2D eigenvalue weighted by Gasteiger charge is -2.29. The SMILES string of the molecule is NCCCC[C@H](NS(=O)(=O)N[C@@H](CC1CCCCC1)C(=O)NC1C[C@@H]2CC[C@H]1C2)C(=O)O. The Bertz CT molecular complexity index is 741. The Labute approximate surface area is 191 Å². The van der Waals surface area contributed by atoms with E-state index in [2.05, 4.69) is 14.8 Å². The summed E-state index contributed by atoms with van der Waals surface area (Å²) in [6, 6.07) is -2.02. The second kappa shape index (κ2) is 11.8. The number of carboxylic acid groups (broad SMARTS) is 1. The van der Waals surface area contributed by atoms with Crippen LogP contribution in [-0.4, -0.2) is 50.1 Å². The number of hydrogen-bond acceptors (Lipinski definition) is 5. The number of carbonyl (C=O) groups is 2. The number of hydrogen-bond donors (Lipinski definition) is 5. The summed E-state index contributed by atoms with van der Waals surface area (Å²) in [5.74, 6) is -0.0588. The molecule has 3 aliphatic carbocycles. The minimum absolute atomic E-state index is 0.121. The van der Waals surface area contributed by atoms with E-state index in [9.17, 15) is 23.1 Å². The molecule has 10 heteroatoms. The van der Waals surface area contributed by atoms with Crippen LogP contribution in [0.1, 0.15) is 83.5 Å². The number of fused-ring (bicyclic) bond motifs is 2. The van der Waals surface area contributed by atoms with Gasteiger partial charge in [-0.3, -0.25) is 9.59 Å². The molecule has 3 rings (SSSR count). The monoisotopic (exact) mass is 472 g/mol. The largest absolute Gasteiger partial charge is 0.480 e. The number of unbranched alkanes of at least 4 members (excludes halogenated alkanes) is 1. The first-order valence-corrected chi connectivity index (χ1v) is 13.8. The molecule has 5 atom stereocenters. The van der Waals surface area contributed by atoms with Gasteiger partial charge in [-0.15, -0.1) is 0 Å². The summed E-state index contributed by atoms with van der Waals surface area (Å²) in [7, 11) is -4.17. The molecule has 0 aromatic heterocycles. The number of carbonyl (C=O) groups excluding carboxylic acids is 1. The van der Waals surface area contributed by atoms with Crippen molar-refractivity contribution in [2.75, 3.05) is 6.54 Å². The Morgan fingerprint density at radius 1 is 0.969 bits per heavy atom. The van der Waals surface area contributed by atoms with Crippen LogP contribution in [0, 0.1) is 17.8 Å². The molecule has 3 saturated carbocycles. The van der Waals surface area contributed by atoms with E-state index in [1.165, 1.54) is 12.8 Å². The van der Waals surface area contributed by atoms with Gasteiger partial charge >= 0.3 is 5.97 Å². The van der Waals surface area contributed by atoms with E-state index in [0.717, 1.165) is 44.9 Å². The third-order valence-corrected chi connectivity index (χ3v) is 8.71. The molecule has 1 unspecified atom stereocenters. The normalized spacial score (nSPS) is 27.8. The number of carboxylic acids is 1. The molecule has 3 fully saturated rings. The van der Waals surface area contributed by atoms with Crippen molar-refractivity contribution in [2.24, 2.45) is 23.5 Å². The predicted octanol–water partition coefficient (Wildman–Crippen LogP) is 1.64. The molecule has 0 spiro atoms. The lowest BCUT2D eigenvalue weighted by Crippen LogP contribution is -2.55. The van der Waals surface area contributed by atoms with Crippen LogP contribution >= 0.6 is 0 Å². The highest BCUT2D eigenvalue weighted by Gasteiger charge is 2.41. The summed E-state index contributed by atoms with van der Waals surface area (Å²) in [5, 5.41) is 12.5. The van der Waals surface area contributed by atoms with E-state index in [0.29, 0.717) is 43.6 Å². The van der Waals surface area contributed by atoms with E-state index < -0.39 is 28.3 Å². The summed E-state index contributed by atoms with van der Waals surface area (Å²) >= 11 is 0. The molecular weight excluding hydrogens is 432 g/mol. The van der Waals surface area contributed by atoms with Gasteiger partial charge in [-0.2, -0.15) is 17.9 Å². The lowest BCUT2D eigenvalue weighted by atomic mass is 9.84. The number of rotatable bonds is 13. The Kier molecular flexibility index (Phi) is 9.33. The molecule has 0 heterocycles. The van der Waals surface area contributed by atoms with Gasteiger partial charge in [-0.25, -0.2) is 0 Å². The quantitative estimate of drug-likeness (QED) is 0.257. The highest BCUT2D eigenvalue weighted by atomic mass is 32.2.